The van der Waals surface area contributed by atoms with Crippen LogP contribution in [0.25, 0.3) is 10.2 Å². The zero-order valence-corrected chi connectivity index (χ0v) is 15.3. The van der Waals surface area contributed by atoms with E-state index in [0.717, 1.165) is 15.8 Å². The number of fused-ring (bicyclic) bond motifs is 1. The molecular weight excluding hydrogens is 359 g/mol. The number of anilines is 1. The third-order valence-electron chi connectivity index (χ3n) is 4.25. The first-order valence-electron chi connectivity index (χ1n) is 8.63. The SMILES string of the molecule is O=C(Cc1ccccc1)N(Cc1ccccc1)c1nc2ccc(F)cc2s1. The van der Waals surface area contributed by atoms with Crippen molar-refractivity contribution in [1.82, 2.24) is 4.98 Å². The number of thiazole rings is 1. The van der Waals surface area contributed by atoms with Crippen molar-refractivity contribution < 1.29 is 9.18 Å². The Labute approximate surface area is 160 Å². The van der Waals surface area contributed by atoms with Crippen LogP contribution in [0.5, 0.6) is 0 Å². The van der Waals surface area contributed by atoms with Gasteiger partial charge in [-0.15, -0.1) is 0 Å². The van der Waals surface area contributed by atoms with Gasteiger partial charge in [-0.1, -0.05) is 72.0 Å². The number of amides is 1. The molecule has 1 aromatic heterocycles. The minimum atomic E-state index is -0.303. The van der Waals surface area contributed by atoms with Gasteiger partial charge in [0.2, 0.25) is 5.91 Å². The normalized spacial score (nSPS) is 10.9. The summed E-state index contributed by atoms with van der Waals surface area (Å²) in [6, 6.07) is 23.9. The lowest BCUT2D eigenvalue weighted by atomic mass is 10.1. The molecule has 0 N–H and O–H groups in total. The molecule has 4 aromatic rings. The lowest BCUT2D eigenvalue weighted by molar-refractivity contribution is -0.118. The van der Waals surface area contributed by atoms with Crippen molar-refractivity contribution in [2.45, 2.75) is 13.0 Å². The summed E-state index contributed by atoms with van der Waals surface area (Å²) in [6.45, 7) is 0.425. The zero-order valence-electron chi connectivity index (χ0n) is 14.5. The summed E-state index contributed by atoms with van der Waals surface area (Å²) in [4.78, 5) is 19.3. The Morgan fingerprint density at radius 3 is 2.30 bits per heavy atom. The highest BCUT2D eigenvalue weighted by Crippen LogP contribution is 2.30. The highest BCUT2D eigenvalue weighted by atomic mass is 32.1. The molecule has 3 aromatic carbocycles. The van der Waals surface area contributed by atoms with Crippen LogP contribution in [0.4, 0.5) is 9.52 Å². The first-order valence-corrected chi connectivity index (χ1v) is 9.45. The van der Waals surface area contributed by atoms with E-state index in [1.54, 1.807) is 11.0 Å². The van der Waals surface area contributed by atoms with E-state index in [1.165, 1.54) is 23.5 Å². The van der Waals surface area contributed by atoms with Crippen LogP contribution in [0.3, 0.4) is 0 Å². The molecule has 0 aliphatic carbocycles. The molecule has 0 atom stereocenters. The zero-order chi connectivity index (χ0) is 18.6. The maximum absolute atomic E-state index is 13.5. The fourth-order valence-electron chi connectivity index (χ4n) is 2.90. The van der Waals surface area contributed by atoms with Crippen LogP contribution in [-0.2, 0) is 17.8 Å². The molecule has 0 spiro atoms. The van der Waals surface area contributed by atoms with Crippen LogP contribution in [-0.4, -0.2) is 10.9 Å². The van der Waals surface area contributed by atoms with Gasteiger partial charge in [-0.3, -0.25) is 9.69 Å². The smallest absolute Gasteiger partial charge is 0.233 e. The number of carbonyl (C=O) groups excluding carboxylic acids is 1. The Hall–Kier alpha value is -3.05. The first kappa shape index (κ1) is 17.4. The van der Waals surface area contributed by atoms with E-state index in [2.05, 4.69) is 4.98 Å². The maximum atomic E-state index is 13.5. The molecule has 134 valence electrons. The molecule has 0 bridgehead atoms. The van der Waals surface area contributed by atoms with E-state index in [-0.39, 0.29) is 18.1 Å². The molecule has 1 heterocycles. The van der Waals surface area contributed by atoms with Gasteiger partial charge in [0.15, 0.2) is 5.13 Å². The van der Waals surface area contributed by atoms with Crippen molar-refractivity contribution in [2.75, 3.05) is 4.90 Å². The second-order valence-electron chi connectivity index (χ2n) is 6.24. The Balaban J connectivity index is 1.68. The fraction of sp³-hybridized carbons (Fsp3) is 0.0909. The van der Waals surface area contributed by atoms with Crippen molar-refractivity contribution in [2.24, 2.45) is 0 Å². The van der Waals surface area contributed by atoms with E-state index in [4.69, 9.17) is 0 Å². The summed E-state index contributed by atoms with van der Waals surface area (Å²) >= 11 is 1.33. The molecule has 0 fully saturated rings. The minimum absolute atomic E-state index is 0.0374. The Morgan fingerprint density at radius 1 is 0.926 bits per heavy atom. The molecule has 0 radical (unpaired) electrons. The van der Waals surface area contributed by atoms with E-state index < -0.39 is 0 Å². The molecular formula is C22H17FN2OS. The van der Waals surface area contributed by atoms with E-state index in [9.17, 15) is 9.18 Å². The number of carbonyl (C=O) groups is 1. The summed E-state index contributed by atoms with van der Waals surface area (Å²) in [5.41, 5.74) is 2.67. The van der Waals surface area contributed by atoms with Crippen molar-refractivity contribution in [3.05, 3.63) is 95.8 Å². The molecule has 0 aliphatic heterocycles. The second kappa shape index (κ2) is 7.68. The summed E-state index contributed by atoms with van der Waals surface area (Å²) in [6.07, 6.45) is 0.290. The number of hydrogen-bond donors (Lipinski definition) is 0. The van der Waals surface area contributed by atoms with Gasteiger partial charge < -0.3 is 0 Å². The maximum Gasteiger partial charge on any atom is 0.233 e. The van der Waals surface area contributed by atoms with Crippen LogP contribution in [0.2, 0.25) is 0 Å². The summed E-state index contributed by atoms with van der Waals surface area (Å²) in [5.74, 6) is -0.340. The van der Waals surface area contributed by atoms with Crippen molar-refractivity contribution in [3.8, 4) is 0 Å². The van der Waals surface area contributed by atoms with Gasteiger partial charge >= 0.3 is 0 Å². The topological polar surface area (TPSA) is 33.2 Å². The van der Waals surface area contributed by atoms with Crippen molar-refractivity contribution in [3.63, 3.8) is 0 Å². The van der Waals surface area contributed by atoms with E-state index in [1.807, 2.05) is 60.7 Å². The van der Waals surface area contributed by atoms with Crippen LogP contribution >= 0.6 is 11.3 Å². The Morgan fingerprint density at radius 2 is 1.59 bits per heavy atom. The molecule has 4 rings (SSSR count). The van der Waals surface area contributed by atoms with E-state index >= 15 is 0 Å². The summed E-state index contributed by atoms with van der Waals surface area (Å²) < 4.78 is 14.3. The average Bonchev–Trinajstić information content (AvgIpc) is 3.10. The quantitative estimate of drug-likeness (QED) is 0.479. The van der Waals surface area contributed by atoms with Gasteiger partial charge in [0.05, 0.1) is 23.2 Å². The molecule has 27 heavy (non-hydrogen) atoms. The predicted molar refractivity (Wildman–Crippen MR) is 107 cm³/mol. The van der Waals surface area contributed by atoms with Crippen molar-refractivity contribution >= 4 is 32.6 Å². The molecule has 0 saturated carbocycles. The number of aromatic nitrogens is 1. The van der Waals surface area contributed by atoms with Gasteiger partial charge in [-0.05, 0) is 29.3 Å². The number of benzene rings is 3. The number of nitrogens with zero attached hydrogens (tertiary/aromatic N) is 2. The number of rotatable bonds is 5. The van der Waals surface area contributed by atoms with Gasteiger partial charge in [-0.25, -0.2) is 9.37 Å². The molecule has 0 unspecified atom stereocenters. The first-order chi connectivity index (χ1) is 13.2. The Kier molecular flexibility index (Phi) is 4.94. The highest BCUT2D eigenvalue weighted by Gasteiger charge is 2.20. The van der Waals surface area contributed by atoms with Gasteiger partial charge in [0, 0.05) is 0 Å². The van der Waals surface area contributed by atoms with Gasteiger partial charge in [-0.2, -0.15) is 0 Å². The van der Waals surface area contributed by atoms with Crippen LogP contribution in [0, 0.1) is 5.82 Å². The molecule has 0 saturated heterocycles. The fourth-order valence-corrected chi connectivity index (χ4v) is 3.90. The van der Waals surface area contributed by atoms with E-state index in [0.29, 0.717) is 17.2 Å². The predicted octanol–water partition coefficient (Wildman–Crippen LogP) is 5.21. The average molecular weight is 376 g/mol. The third-order valence-corrected chi connectivity index (χ3v) is 5.29. The molecule has 3 nitrogen and oxygen atoms in total. The monoisotopic (exact) mass is 376 g/mol. The minimum Gasteiger partial charge on any atom is -0.283 e. The lowest BCUT2D eigenvalue weighted by Crippen LogP contribution is -2.31. The largest absolute Gasteiger partial charge is 0.283 e. The molecule has 1 amide bonds. The number of halogens is 1. The Bertz CT molecular complexity index is 1060. The summed E-state index contributed by atoms with van der Waals surface area (Å²) in [7, 11) is 0. The number of hydrogen-bond acceptors (Lipinski definition) is 3. The van der Waals surface area contributed by atoms with Crippen molar-refractivity contribution in [1.29, 1.82) is 0 Å². The second-order valence-corrected chi connectivity index (χ2v) is 7.25. The van der Waals surface area contributed by atoms with Crippen LogP contribution in [0.1, 0.15) is 11.1 Å². The third kappa shape index (κ3) is 4.04. The van der Waals surface area contributed by atoms with Crippen LogP contribution in [0.15, 0.2) is 78.9 Å². The molecule has 5 heteroatoms. The van der Waals surface area contributed by atoms with Gasteiger partial charge in [0.1, 0.15) is 5.82 Å². The van der Waals surface area contributed by atoms with Gasteiger partial charge in [0.25, 0.3) is 0 Å². The standard InChI is InChI=1S/C22H17FN2OS/c23-18-11-12-19-20(14-18)27-22(24-19)25(15-17-9-5-2-6-10-17)21(26)13-16-7-3-1-4-8-16/h1-12,14H,13,15H2. The summed E-state index contributed by atoms with van der Waals surface area (Å²) in [5, 5.41) is 0.584. The highest BCUT2D eigenvalue weighted by molar-refractivity contribution is 7.22. The van der Waals surface area contributed by atoms with Crippen LogP contribution < -0.4 is 4.90 Å². The molecule has 0 aliphatic rings. The lowest BCUT2D eigenvalue weighted by Gasteiger charge is -2.20.